The van der Waals surface area contributed by atoms with Crippen molar-refractivity contribution in [3.05, 3.63) is 46.8 Å². The summed E-state index contributed by atoms with van der Waals surface area (Å²) in [5, 5.41) is 4.46. The van der Waals surface area contributed by atoms with Gasteiger partial charge in [-0.15, -0.1) is 4.98 Å². The Morgan fingerprint density at radius 1 is 0.880 bits per heavy atom. The smallest absolute Gasteiger partial charge is 0.234 e. The third-order valence-corrected chi connectivity index (χ3v) is 4.92. The molecule has 0 saturated carbocycles. The second-order valence-electron chi connectivity index (χ2n) is 6.24. The van der Waals surface area contributed by atoms with E-state index in [1.807, 2.05) is 12.1 Å². The van der Waals surface area contributed by atoms with E-state index in [9.17, 15) is 0 Å². The lowest BCUT2D eigenvalue weighted by molar-refractivity contribution is -0.363. The molecule has 2 N–H and O–H groups in total. The van der Waals surface area contributed by atoms with Gasteiger partial charge < -0.3 is 9.47 Å². The summed E-state index contributed by atoms with van der Waals surface area (Å²) in [5.41, 5.74) is 7.06. The lowest BCUT2D eigenvalue weighted by atomic mass is 9.98. The van der Waals surface area contributed by atoms with Crippen LogP contribution in [0.5, 0.6) is 11.5 Å². The van der Waals surface area contributed by atoms with Gasteiger partial charge >= 0.3 is 0 Å². The number of nitrogens with zero attached hydrogens (tertiary/aromatic N) is 1. The van der Waals surface area contributed by atoms with E-state index in [-0.39, 0.29) is 0 Å². The van der Waals surface area contributed by atoms with Gasteiger partial charge in [0.25, 0.3) is 0 Å². The summed E-state index contributed by atoms with van der Waals surface area (Å²) >= 11 is 0. The molecule has 0 spiro atoms. The highest BCUT2D eigenvalue weighted by Gasteiger charge is 2.17. The van der Waals surface area contributed by atoms with E-state index in [2.05, 4.69) is 49.0 Å². The number of aromatic nitrogens is 2. The van der Waals surface area contributed by atoms with E-state index in [0.717, 1.165) is 22.4 Å². The maximum absolute atomic E-state index is 5.43. The van der Waals surface area contributed by atoms with Crippen molar-refractivity contribution in [2.75, 3.05) is 19.5 Å². The van der Waals surface area contributed by atoms with Crippen molar-refractivity contribution in [1.82, 2.24) is 4.98 Å². The third-order valence-electron chi connectivity index (χ3n) is 4.92. The molecule has 0 bridgehead atoms. The second-order valence-corrected chi connectivity index (χ2v) is 6.24. The fourth-order valence-electron chi connectivity index (χ4n) is 3.00. The molecule has 0 fully saturated rings. The molecule has 5 nitrogen and oxygen atoms in total. The summed E-state index contributed by atoms with van der Waals surface area (Å²) in [6.07, 6.45) is 1.68. The lowest BCUT2D eigenvalue weighted by Crippen LogP contribution is -2.12. The largest absolute Gasteiger partial charge is 0.493 e. The summed E-state index contributed by atoms with van der Waals surface area (Å²) in [6.45, 7) is 8.59. The molecule has 1 heterocycles. The monoisotopic (exact) mass is 338 g/mol. The quantitative estimate of drug-likeness (QED) is 0.780. The van der Waals surface area contributed by atoms with Gasteiger partial charge in [0.15, 0.2) is 17.0 Å². The zero-order valence-electron chi connectivity index (χ0n) is 15.6. The van der Waals surface area contributed by atoms with Crippen LogP contribution >= 0.6 is 0 Å². The summed E-state index contributed by atoms with van der Waals surface area (Å²) in [6, 6.07) is 5.99. The molecule has 130 valence electrons. The van der Waals surface area contributed by atoms with Crippen LogP contribution in [-0.2, 0) is 0 Å². The number of hydrogen-bond donors (Lipinski definition) is 1. The highest BCUT2D eigenvalue weighted by Crippen LogP contribution is 2.34. The Bertz CT molecular complexity index is 952. The minimum Gasteiger partial charge on any atom is -0.493 e. The molecule has 0 aliphatic heterocycles. The predicted octanol–water partition coefficient (Wildman–Crippen LogP) is 4.04. The molecule has 0 radical (unpaired) electrons. The molecule has 0 atom stereocenters. The number of fused-ring (bicyclic) bond motifs is 1. The second kappa shape index (κ2) is 6.59. The van der Waals surface area contributed by atoms with Gasteiger partial charge in [-0.05, 0) is 56.0 Å². The Morgan fingerprint density at radius 3 is 2.24 bits per heavy atom. The van der Waals surface area contributed by atoms with Crippen molar-refractivity contribution < 1.29 is 14.5 Å². The van der Waals surface area contributed by atoms with Gasteiger partial charge in [-0.2, -0.15) is 0 Å². The van der Waals surface area contributed by atoms with Crippen molar-refractivity contribution in [3.8, 4) is 11.5 Å². The first-order valence-electron chi connectivity index (χ1n) is 8.23. The van der Waals surface area contributed by atoms with Gasteiger partial charge in [-0.3, -0.25) is 5.32 Å². The summed E-state index contributed by atoms with van der Waals surface area (Å²) in [7, 11) is 3.26. The van der Waals surface area contributed by atoms with Gasteiger partial charge in [-0.1, -0.05) is 0 Å². The molecule has 3 rings (SSSR count). The summed E-state index contributed by atoms with van der Waals surface area (Å²) in [5.74, 6) is 2.21. The number of ether oxygens (including phenoxy) is 2. The number of benzene rings is 2. The number of aryl methyl sites for hydroxylation is 1. The lowest BCUT2D eigenvalue weighted by Gasteiger charge is -2.14. The normalized spacial score (nSPS) is 10.8. The molecular weight excluding hydrogens is 314 g/mol. The van der Waals surface area contributed by atoms with Crippen molar-refractivity contribution in [3.63, 3.8) is 0 Å². The average Bonchev–Trinajstić information content (AvgIpc) is 2.63. The standard InChI is InChI=1S/C20H23N3O2/c1-11-7-16(14(4)13(3)12(11)2)23-20-15-8-18(24-5)19(25-6)9-17(15)21-10-22-20/h7-10H,1-6H3,(H,21,22,23)/p+1. The maximum Gasteiger partial charge on any atom is 0.234 e. The van der Waals surface area contributed by atoms with Crippen LogP contribution in [0.25, 0.3) is 10.9 Å². The molecular formula is C20H24N3O2+. The fourth-order valence-corrected chi connectivity index (χ4v) is 3.00. The molecule has 25 heavy (non-hydrogen) atoms. The number of methoxy groups -OCH3 is 2. The SMILES string of the molecule is COc1cc2nc[nH+]c(Nc3cc(C)c(C)c(C)c3C)c2cc1OC. The number of rotatable bonds is 4. The third kappa shape index (κ3) is 2.97. The van der Waals surface area contributed by atoms with Crippen molar-refractivity contribution in [2.24, 2.45) is 0 Å². The maximum atomic E-state index is 5.43. The summed E-state index contributed by atoms with van der Waals surface area (Å²) < 4.78 is 10.8. The zero-order chi connectivity index (χ0) is 18.1. The minimum atomic E-state index is 0.665. The van der Waals surface area contributed by atoms with Crippen LogP contribution in [0.1, 0.15) is 22.3 Å². The minimum absolute atomic E-state index is 0.665. The first-order chi connectivity index (χ1) is 12.0. The highest BCUT2D eigenvalue weighted by atomic mass is 16.5. The molecule has 0 unspecified atom stereocenters. The molecule has 5 heteroatoms. The molecule has 0 aliphatic carbocycles. The molecule has 2 aromatic carbocycles. The Balaban J connectivity index is 2.14. The molecule has 1 aromatic heterocycles. The Labute approximate surface area is 148 Å². The number of anilines is 2. The Morgan fingerprint density at radius 2 is 1.56 bits per heavy atom. The number of nitrogens with one attached hydrogen (secondary N) is 2. The molecule has 0 amide bonds. The predicted molar refractivity (Wildman–Crippen MR) is 100 cm³/mol. The van der Waals surface area contributed by atoms with Crippen LogP contribution in [0.2, 0.25) is 0 Å². The summed E-state index contributed by atoms with van der Waals surface area (Å²) in [4.78, 5) is 7.62. The van der Waals surface area contributed by atoms with Gasteiger partial charge in [-0.25, -0.2) is 4.98 Å². The van der Waals surface area contributed by atoms with Crippen LogP contribution in [0.3, 0.4) is 0 Å². The van der Waals surface area contributed by atoms with E-state index in [1.165, 1.54) is 22.3 Å². The van der Waals surface area contributed by atoms with E-state index < -0.39 is 0 Å². The van der Waals surface area contributed by atoms with Crippen LogP contribution < -0.4 is 19.8 Å². The van der Waals surface area contributed by atoms with Crippen LogP contribution in [0, 0.1) is 27.7 Å². The Hall–Kier alpha value is -2.82. The fraction of sp³-hybridized carbons (Fsp3) is 0.300. The first kappa shape index (κ1) is 17.0. The van der Waals surface area contributed by atoms with Gasteiger partial charge in [0.05, 0.1) is 25.3 Å². The van der Waals surface area contributed by atoms with Crippen LogP contribution in [0.15, 0.2) is 24.5 Å². The van der Waals surface area contributed by atoms with E-state index in [1.54, 1.807) is 20.5 Å². The van der Waals surface area contributed by atoms with Gasteiger partial charge in [0.2, 0.25) is 12.1 Å². The molecule has 3 aromatic rings. The van der Waals surface area contributed by atoms with Crippen molar-refractivity contribution in [1.29, 1.82) is 0 Å². The van der Waals surface area contributed by atoms with Crippen LogP contribution in [-0.4, -0.2) is 19.2 Å². The van der Waals surface area contributed by atoms with Gasteiger partial charge in [0.1, 0.15) is 0 Å². The molecule has 0 aliphatic rings. The van der Waals surface area contributed by atoms with Crippen LogP contribution in [0.4, 0.5) is 11.5 Å². The van der Waals surface area contributed by atoms with E-state index in [0.29, 0.717) is 11.5 Å². The zero-order valence-corrected chi connectivity index (χ0v) is 15.6. The number of hydrogen-bond acceptors (Lipinski definition) is 4. The number of H-pyrrole nitrogens is 1. The number of aromatic amines is 1. The Kier molecular flexibility index (Phi) is 4.49. The van der Waals surface area contributed by atoms with E-state index in [4.69, 9.17) is 9.47 Å². The van der Waals surface area contributed by atoms with Crippen molar-refractivity contribution in [2.45, 2.75) is 27.7 Å². The molecule has 0 saturated heterocycles. The average molecular weight is 338 g/mol. The van der Waals surface area contributed by atoms with Crippen molar-refractivity contribution >= 4 is 22.4 Å². The van der Waals surface area contributed by atoms with Gasteiger partial charge in [0, 0.05) is 12.1 Å². The first-order valence-corrected chi connectivity index (χ1v) is 8.23. The highest BCUT2D eigenvalue weighted by molar-refractivity contribution is 5.91. The van der Waals surface area contributed by atoms with E-state index >= 15 is 0 Å². The topological polar surface area (TPSA) is 57.5 Å².